The molecule has 0 aliphatic rings. The summed E-state index contributed by atoms with van der Waals surface area (Å²) in [6, 6.07) is 11.9. The molecule has 0 unspecified atom stereocenters. The maximum Gasteiger partial charge on any atom is 0.269 e. The Morgan fingerprint density at radius 1 is 1.14 bits per heavy atom. The maximum absolute atomic E-state index is 12.0. The SMILES string of the molecule is CC(=CC(=O)c1ccc(O)cc1)Nc1ccc([N+](=O)[O-])cc1. The van der Waals surface area contributed by atoms with Gasteiger partial charge in [0.25, 0.3) is 5.69 Å². The minimum atomic E-state index is -0.471. The molecule has 0 saturated carbocycles. The van der Waals surface area contributed by atoms with Gasteiger partial charge in [-0.3, -0.25) is 14.9 Å². The predicted octanol–water partition coefficient (Wildman–Crippen LogP) is 3.50. The molecule has 2 N–H and O–H groups in total. The van der Waals surface area contributed by atoms with Crippen LogP contribution in [-0.4, -0.2) is 15.8 Å². The third-order valence-electron chi connectivity index (χ3n) is 2.92. The van der Waals surface area contributed by atoms with Crippen molar-refractivity contribution < 1.29 is 14.8 Å². The van der Waals surface area contributed by atoms with Crippen molar-refractivity contribution in [2.75, 3.05) is 5.32 Å². The summed E-state index contributed by atoms with van der Waals surface area (Å²) in [7, 11) is 0. The molecule has 6 nitrogen and oxygen atoms in total. The van der Waals surface area contributed by atoms with E-state index in [4.69, 9.17) is 0 Å². The Hall–Kier alpha value is -3.15. The molecule has 0 saturated heterocycles. The first-order valence-corrected chi connectivity index (χ1v) is 6.49. The first-order chi connectivity index (χ1) is 10.5. The van der Waals surface area contributed by atoms with Gasteiger partial charge in [0.2, 0.25) is 0 Å². The molecule has 0 bridgehead atoms. The maximum atomic E-state index is 12.0. The Morgan fingerprint density at radius 3 is 2.27 bits per heavy atom. The van der Waals surface area contributed by atoms with Crippen LogP contribution in [-0.2, 0) is 0 Å². The second kappa shape index (κ2) is 6.53. The zero-order valence-electron chi connectivity index (χ0n) is 11.8. The summed E-state index contributed by atoms with van der Waals surface area (Å²) in [4.78, 5) is 22.1. The van der Waals surface area contributed by atoms with Gasteiger partial charge in [-0.15, -0.1) is 0 Å². The van der Waals surface area contributed by atoms with E-state index in [0.29, 0.717) is 16.9 Å². The van der Waals surface area contributed by atoms with Crippen molar-refractivity contribution in [2.24, 2.45) is 0 Å². The zero-order valence-corrected chi connectivity index (χ0v) is 11.8. The molecule has 22 heavy (non-hydrogen) atoms. The smallest absolute Gasteiger partial charge is 0.269 e. The van der Waals surface area contributed by atoms with Crippen LogP contribution in [0, 0.1) is 10.1 Å². The number of allylic oxidation sites excluding steroid dienone is 2. The minimum absolute atomic E-state index is 0.00681. The van der Waals surface area contributed by atoms with E-state index in [1.54, 1.807) is 19.1 Å². The molecule has 0 amide bonds. The molecule has 0 heterocycles. The van der Waals surface area contributed by atoms with Crippen molar-refractivity contribution in [1.82, 2.24) is 0 Å². The highest BCUT2D eigenvalue weighted by Gasteiger charge is 2.05. The van der Waals surface area contributed by atoms with Crippen LogP contribution in [0.1, 0.15) is 17.3 Å². The summed E-state index contributed by atoms with van der Waals surface area (Å²) in [5, 5.41) is 22.8. The number of phenols is 1. The third-order valence-corrected chi connectivity index (χ3v) is 2.92. The van der Waals surface area contributed by atoms with Gasteiger partial charge < -0.3 is 10.4 Å². The minimum Gasteiger partial charge on any atom is -0.508 e. The second-order valence-electron chi connectivity index (χ2n) is 4.67. The van der Waals surface area contributed by atoms with E-state index in [9.17, 15) is 20.0 Å². The van der Waals surface area contributed by atoms with Crippen molar-refractivity contribution in [3.63, 3.8) is 0 Å². The first kappa shape index (κ1) is 15.2. The van der Waals surface area contributed by atoms with Crippen LogP contribution in [0.15, 0.2) is 60.3 Å². The van der Waals surface area contributed by atoms with Crippen LogP contribution in [0.2, 0.25) is 0 Å². The van der Waals surface area contributed by atoms with E-state index in [1.165, 1.54) is 42.5 Å². The van der Waals surface area contributed by atoms with Gasteiger partial charge in [-0.25, -0.2) is 0 Å². The molecule has 0 spiro atoms. The van der Waals surface area contributed by atoms with E-state index >= 15 is 0 Å². The van der Waals surface area contributed by atoms with E-state index in [-0.39, 0.29) is 17.2 Å². The molecule has 0 atom stereocenters. The lowest BCUT2D eigenvalue weighted by atomic mass is 10.1. The highest BCUT2D eigenvalue weighted by Crippen LogP contribution is 2.17. The predicted molar refractivity (Wildman–Crippen MR) is 82.9 cm³/mol. The van der Waals surface area contributed by atoms with Gasteiger partial charge >= 0.3 is 0 Å². The van der Waals surface area contributed by atoms with Crippen molar-refractivity contribution in [1.29, 1.82) is 0 Å². The lowest BCUT2D eigenvalue weighted by Crippen LogP contribution is -2.01. The van der Waals surface area contributed by atoms with E-state index in [2.05, 4.69) is 5.32 Å². The number of hydrogen-bond acceptors (Lipinski definition) is 5. The van der Waals surface area contributed by atoms with Crippen molar-refractivity contribution in [2.45, 2.75) is 6.92 Å². The van der Waals surface area contributed by atoms with Crippen molar-refractivity contribution in [3.05, 3.63) is 76.0 Å². The number of nitro benzene ring substituents is 1. The fraction of sp³-hybridized carbons (Fsp3) is 0.0625. The Balaban J connectivity index is 2.07. The Labute approximate surface area is 126 Å². The molecule has 0 aliphatic carbocycles. The number of phenolic OH excluding ortho intramolecular Hbond substituents is 1. The summed E-state index contributed by atoms with van der Waals surface area (Å²) in [6.45, 7) is 1.72. The van der Waals surface area contributed by atoms with Gasteiger partial charge in [0.15, 0.2) is 5.78 Å². The fourth-order valence-electron chi connectivity index (χ4n) is 1.84. The van der Waals surface area contributed by atoms with Gasteiger partial charge in [0.1, 0.15) is 5.75 Å². The molecule has 0 radical (unpaired) electrons. The van der Waals surface area contributed by atoms with Crippen LogP contribution in [0.3, 0.4) is 0 Å². The molecule has 2 aromatic carbocycles. The highest BCUT2D eigenvalue weighted by molar-refractivity contribution is 6.05. The number of carbonyl (C=O) groups is 1. The van der Waals surface area contributed by atoms with E-state index in [0.717, 1.165) is 0 Å². The van der Waals surface area contributed by atoms with Gasteiger partial charge in [0.05, 0.1) is 4.92 Å². The zero-order chi connectivity index (χ0) is 16.1. The van der Waals surface area contributed by atoms with Gasteiger partial charge in [-0.05, 0) is 43.3 Å². The van der Waals surface area contributed by atoms with E-state index < -0.39 is 4.92 Å². The lowest BCUT2D eigenvalue weighted by Gasteiger charge is -2.06. The number of non-ortho nitro benzene ring substituents is 1. The summed E-state index contributed by atoms with van der Waals surface area (Å²) >= 11 is 0. The molecule has 2 rings (SSSR count). The Kier molecular flexibility index (Phi) is 4.53. The number of benzene rings is 2. The summed E-state index contributed by atoms with van der Waals surface area (Å²) in [5.74, 6) is -0.104. The number of ketones is 1. The molecule has 2 aromatic rings. The Bertz CT molecular complexity index is 719. The topological polar surface area (TPSA) is 92.5 Å². The van der Waals surface area contributed by atoms with Gasteiger partial charge in [-0.1, -0.05) is 0 Å². The standard InChI is InChI=1S/C16H14N2O4/c1-11(10-16(20)12-2-8-15(19)9-3-12)17-13-4-6-14(7-5-13)18(21)22/h2-10,17,19H,1H3. The summed E-state index contributed by atoms with van der Waals surface area (Å²) in [6.07, 6.45) is 1.42. The molecular weight excluding hydrogens is 284 g/mol. The fourth-order valence-corrected chi connectivity index (χ4v) is 1.84. The van der Waals surface area contributed by atoms with Crippen LogP contribution >= 0.6 is 0 Å². The second-order valence-corrected chi connectivity index (χ2v) is 4.67. The number of aromatic hydroxyl groups is 1. The average molecular weight is 298 g/mol. The van der Waals surface area contributed by atoms with Gasteiger partial charge in [-0.2, -0.15) is 0 Å². The molecule has 0 aliphatic heterocycles. The molecule has 0 fully saturated rings. The number of rotatable bonds is 5. The summed E-state index contributed by atoms with van der Waals surface area (Å²) < 4.78 is 0. The van der Waals surface area contributed by atoms with Crippen LogP contribution < -0.4 is 5.32 Å². The normalized spacial score (nSPS) is 11.0. The molecular formula is C16H14N2O4. The summed E-state index contributed by atoms with van der Waals surface area (Å²) in [5.41, 5.74) is 1.72. The monoisotopic (exact) mass is 298 g/mol. The van der Waals surface area contributed by atoms with Crippen molar-refractivity contribution in [3.8, 4) is 5.75 Å². The van der Waals surface area contributed by atoms with Crippen LogP contribution in [0.25, 0.3) is 0 Å². The number of carbonyl (C=O) groups excluding carboxylic acids is 1. The Morgan fingerprint density at radius 2 is 1.73 bits per heavy atom. The lowest BCUT2D eigenvalue weighted by molar-refractivity contribution is -0.384. The van der Waals surface area contributed by atoms with Gasteiger partial charge in [0, 0.05) is 35.2 Å². The van der Waals surface area contributed by atoms with E-state index in [1.807, 2.05) is 0 Å². The quantitative estimate of drug-likeness (QED) is 0.381. The number of anilines is 1. The third kappa shape index (κ3) is 3.92. The highest BCUT2D eigenvalue weighted by atomic mass is 16.6. The molecule has 6 heteroatoms. The number of nitrogens with one attached hydrogen (secondary N) is 1. The first-order valence-electron chi connectivity index (χ1n) is 6.49. The molecule has 0 aromatic heterocycles. The number of nitrogens with zero attached hydrogens (tertiary/aromatic N) is 1. The van der Waals surface area contributed by atoms with Crippen molar-refractivity contribution >= 4 is 17.2 Å². The number of nitro groups is 1. The molecule has 112 valence electrons. The van der Waals surface area contributed by atoms with Crippen LogP contribution in [0.4, 0.5) is 11.4 Å². The number of hydrogen-bond donors (Lipinski definition) is 2. The van der Waals surface area contributed by atoms with Crippen LogP contribution in [0.5, 0.6) is 5.75 Å². The largest absolute Gasteiger partial charge is 0.508 e. The average Bonchev–Trinajstić information content (AvgIpc) is 2.48.